The quantitative estimate of drug-likeness (QED) is 0.615. The Hall–Kier alpha value is -0.970. The number of likely N-dealkylation sites (N-methyl/N-ethyl adjacent to an activating group) is 1. The summed E-state index contributed by atoms with van der Waals surface area (Å²) in [6.07, 6.45) is 0.289. The van der Waals surface area contributed by atoms with Crippen LogP contribution in [0.25, 0.3) is 0 Å². The summed E-state index contributed by atoms with van der Waals surface area (Å²) in [6.45, 7) is 0.338. The number of hydrogen-bond donors (Lipinski definition) is 0. The number of benzene rings is 1. The predicted octanol–water partition coefficient (Wildman–Crippen LogP) is 2.95. The Morgan fingerprint density at radius 1 is 1.47 bits per heavy atom. The van der Waals surface area contributed by atoms with E-state index in [9.17, 15) is 13.6 Å². The lowest BCUT2D eigenvalue weighted by Crippen LogP contribution is -2.23. The fourth-order valence-corrected chi connectivity index (χ4v) is 1.29. The largest absolute Gasteiger partial charge is 0.336 e. The van der Waals surface area contributed by atoms with E-state index in [-0.39, 0.29) is 16.8 Å². The normalized spacial score (nSPS) is 10.1. The van der Waals surface area contributed by atoms with E-state index in [0.717, 1.165) is 18.2 Å². The van der Waals surface area contributed by atoms with Crippen molar-refractivity contribution in [1.29, 1.82) is 0 Å². The summed E-state index contributed by atoms with van der Waals surface area (Å²) < 4.78 is 25.9. The van der Waals surface area contributed by atoms with Crippen LogP contribution in [0.5, 0.6) is 0 Å². The van der Waals surface area contributed by atoms with Crippen LogP contribution in [0, 0.1) is 11.6 Å². The summed E-state index contributed by atoms with van der Waals surface area (Å²) >= 11 is 2.77. The van der Waals surface area contributed by atoms with E-state index < -0.39 is 11.6 Å². The van der Waals surface area contributed by atoms with Gasteiger partial charge in [-0.3, -0.25) is 4.79 Å². The van der Waals surface area contributed by atoms with Crippen LogP contribution in [-0.2, 0) is 6.42 Å². The fraction of sp³-hybridized carbons (Fsp3) is 0.300. The van der Waals surface area contributed by atoms with Crippen LogP contribution < -0.4 is 0 Å². The van der Waals surface area contributed by atoms with E-state index in [2.05, 4.69) is 15.9 Å². The van der Waals surface area contributed by atoms with Crippen molar-refractivity contribution in [2.45, 2.75) is 6.42 Å². The van der Waals surface area contributed by atoms with Gasteiger partial charge < -0.3 is 4.90 Å². The lowest BCUT2D eigenvalue weighted by Gasteiger charge is -2.13. The summed E-state index contributed by atoms with van der Waals surface area (Å²) in [5, 5.41) is 0. The van der Waals surface area contributed by atoms with Crippen molar-refractivity contribution in [1.82, 2.24) is 4.90 Å². The molecule has 0 radical (unpaired) electrons. The molecule has 0 aliphatic heterocycles. The molecule has 1 amide bonds. The maximum absolute atomic E-state index is 13.1. The molecule has 5 heteroatoms. The van der Waals surface area contributed by atoms with Gasteiger partial charge in [0, 0.05) is 29.5 Å². The smallest absolute Gasteiger partial charge is 0.289 e. The Morgan fingerprint density at radius 3 is 2.73 bits per heavy atom. The van der Waals surface area contributed by atoms with Crippen molar-refractivity contribution < 1.29 is 13.6 Å². The second kappa shape index (κ2) is 5.21. The molecule has 0 unspecified atom stereocenters. The van der Waals surface area contributed by atoms with E-state index in [1.807, 2.05) is 0 Å². The zero-order valence-electron chi connectivity index (χ0n) is 8.14. The summed E-state index contributed by atoms with van der Waals surface area (Å²) in [5.74, 6) is -0.925. The third-order valence-electron chi connectivity index (χ3n) is 2.02. The second-order valence-corrected chi connectivity index (χ2v) is 3.84. The Bertz CT molecular complexity index is 370. The minimum Gasteiger partial charge on any atom is -0.336 e. The van der Waals surface area contributed by atoms with Crippen molar-refractivity contribution in [3.8, 4) is 0 Å². The van der Waals surface area contributed by atoms with Gasteiger partial charge in [-0.25, -0.2) is 8.78 Å². The molecule has 1 aromatic carbocycles. The van der Waals surface area contributed by atoms with Gasteiger partial charge in [-0.2, -0.15) is 0 Å². The molecule has 0 N–H and O–H groups in total. The van der Waals surface area contributed by atoms with E-state index in [1.165, 1.54) is 4.90 Å². The van der Waals surface area contributed by atoms with Crippen LogP contribution in [0.3, 0.4) is 0 Å². The lowest BCUT2D eigenvalue weighted by molar-refractivity contribution is 0.235. The first-order chi connectivity index (χ1) is 7.00. The molecular formula is C10H10BrF2NO. The average molecular weight is 278 g/mol. The molecule has 2 nitrogen and oxygen atoms in total. The van der Waals surface area contributed by atoms with Crippen molar-refractivity contribution in [2.24, 2.45) is 0 Å². The van der Waals surface area contributed by atoms with Gasteiger partial charge in [0.2, 0.25) is 0 Å². The Balaban J connectivity index is 2.65. The molecular weight excluding hydrogens is 268 g/mol. The number of halogens is 3. The first-order valence-corrected chi connectivity index (χ1v) is 5.14. The lowest BCUT2D eigenvalue weighted by atomic mass is 10.1. The fourth-order valence-electron chi connectivity index (χ4n) is 1.11. The van der Waals surface area contributed by atoms with Gasteiger partial charge in [0.05, 0.1) is 0 Å². The number of amides is 1. The number of rotatable bonds is 3. The van der Waals surface area contributed by atoms with Crippen molar-refractivity contribution in [3.05, 3.63) is 35.4 Å². The van der Waals surface area contributed by atoms with E-state index in [0.29, 0.717) is 6.54 Å². The van der Waals surface area contributed by atoms with E-state index in [1.54, 1.807) is 7.05 Å². The Morgan fingerprint density at radius 2 is 2.13 bits per heavy atom. The third-order valence-corrected chi connectivity index (χ3v) is 2.63. The first-order valence-electron chi connectivity index (χ1n) is 4.35. The molecule has 1 rings (SSSR count). The van der Waals surface area contributed by atoms with Crippen molar-refractivity contribution in [2.75, 3.05) is 13.6 Å². The highest BCUT2D eigenvalue weighted by molar-refractivity contribution is 9.18. The van der Waals surface area contributed by atoms with Gasteiger partial charge in [0.1, 0.15) is 11.6 Å². The summed E-state index contributed by atoms with van der Waals surface area (Å²) in [7, 11) is 1.58. The van der Waals surface area contributed by atoms with Crippen LogP contribution in [0.15, 0.2) is 18.2 Å². The number of carbonyl (C=O) groups excluding carboxylic acids is 1. The van der Waals surface area contributed by atoms with E-state index in [4.69, 9.17) is 0 Å². The highest BCUT2D eigenvalue weighted by Gasteiger charge is 2.07. The Kier molecular flexibility index (Phi) is 4.20. The summed E-state index contributed by atoms with van der Waals surface area (Å²) in [5.41, 5.74) is 0.274. The van der Waals surface area contributed by atoms with Crippen molar-refractivity contribution >= 4 is 20.7 Å². The zero-order valence-corrected chi connectivity index (χ0v) is 9.72. The molecule has 0 atom stereocenters. The zero-order chi connectivity index (χ0) is 11.4. The predicted molar refractivity (Wildman–Crippen MR) is 57.0 cm³/mol. The molecule has 15 heavy (non-hydrogen) atoms. The molecule has 0 aliphatic carbocycles. The van der Waals surface area contributed by atoms with Gasteiger partial charge in [-0.15, -0.1) is 0 Å². The summed E-state index contributed by atoms with van der Waals surface area (Å²) in [6, 6.07) is 3.29. The highest BCUT2D eigenvalue weighted by atomic mass is 79.9. The molecule has 0 aromatic heterocycles. The minimum absolute atomic E-state index is 0.274. The molecule has 0 fully saturated rings. The van der Waals surface area contributed by atoms with Crippen LogP contribution in [-0.4, -0.2) is 23.3 Å². The monoisotopic (exact) mass is 277 g/mol. The average Bonchev–Trinajstić information content (AvgIpc) is 2.18. The van der Waals surface area contributed by atoms with E-state index >= 15 is 0 Å². The molecule has 0 bridgehead atoms. The third kappa shape index (κ3) is 3.58. The standard InChI is InChI=1S/C10H10BrF2NO/c1-14(10(11)15)5-4-7-6-8(12)2-3-9(7)13/h2-3,6H,4-5H2,1H3. The topological polar surface area (TPSA) is 20.3 Å². The van der Waals surface area contributed by atoms with Gasteiger partial charge in [-0.05, 0) is 30.2 Å². The molecule has 1 aromatic rings. The van der Waals surface area contributed by atoms with Crippen molar-refractivity contribution in [3.63, 3.8) is 0 Å². The maximum Gasteiger partial charge on any atom is 0.289 e. The molecule has 0 saturated carbocycles. The second-order valence-electron chi connectivity index (χ2n) is 3.16. The summed E-state index contributed by atoms with van der Waals surface area (Å²) in [4.78, 5) is 11.9. The van der Waals surface area contributed by atoms with Gasteiger partial charge in [-0.1, -0.05) is 0 Å². The Labute approximate surface area is 95.0 Å². The van der Waals surface area contributed by atoms with Gasteiger partial charge in [0.15, 0.2) is 0 Å². The van der Waals surface area contributed by atoms with Crippen LogP contribution in [0.4, 0.5) is 13.6 Å². The molecule has 82 valence electrons. The molecule has 0 aliphatic rings. The van der Waals surface area contributed by atoms with Gasteiger partial charge in [0.25, 0.3) is 4.82 Å². The SMILES string of the molecule is CN(CCc1cc(F)ccc1F)C(=O)Br. The highest BCUT2D eigenvalue weighted by Crippen LogP contribution is 2.11. The number of hydrogen-bond acceptors (Lipinski definition) is 1. The first kappa shape index (κ1) is 12.1. The number of nitrogens with zero attached hydrogens (tertiary/aromatic N) is 1. The minimum atomic E-state index is -0.473. The van der Waals surface area contributed by atoms with Crippen LogP contribution in [0.2, 0.25) is 0 Å². The van der Waals surface area contributed by atoms with Crippen LogP contribution >= 0.6 is 15.9 Å². The van der Waals surface area contributed by atoms with Crippen LogP contribution in [0.1, 0.15) is 5.56 Å². The van der Waals surface area contributed by atoms with Gasteiger partial charge >= 0.3 is 0 Å². The molecule has 0 heterocycles. The molecule has 0 saturated heterocycles. The maximum atomic E-state index is 13.1. The molecule has 0 spiro atoms. The number of carbonyl (C=O) groups is 1.